The van der Waals surface area contributed by atoms with E-state index in [1.807, 2.05) is 66.9 Å². The molecule has 0 radical (unpaired) electrons. The maximum absolute atomic E-state index is 13.4. The van der Waals surface area contributed by atoms with Crippen LogP contribution in [0, 0.1) is 34.6 Å². The maximum Gasteiger partial charge on any atom is 0.333 e. The molecule has 332 valence electrons. The Morgan fingerprint density at radius 2 is 1.30 bits per heavy atom. The summed E-state index contributed by atoms with van der Waals surface area (Å²) in [5, 5.41) is 23.0. The second kappa shape index (κ2) is 19.9. The first-order valence-electron chi connectivity index (χ1n) is 21.9. The molecule has 0 spiro atoms. The van der Waals surface area contributed by atoms with E-state index < -0.39 is 0 Å². The molecular formula is C48H53Cl2N10O2S2+. The van der Waals surface area contributed by atoms with Crippen LogP contribution in [0.15, 0.2) is 70.1 Å². The number of thiophene rings is 2. The Bertz CT molecular complexity index is 2790. The summed E-state index contributed by atoms with van der Waals surface area (Å²) < 4.78 is 2.04. The Kier molecular flexibility index (Phi) is 14.0. The van der Waals surface area contributed by atoms with Crippen molar-refractivity contribution in [1.82, 2.24) is 31.2 Å². The van der Waals surface area contributed by atoms with Crippen molar-refractivity contribution in [3.05, 3.63) is 114 Å². The molecule has 12 nitrogen and oxygen atoms in total. The number of nitrogens with one attached hydrogen (secondary N) is 3. The summed E-state index contributed by atoms with van der Waals surface area (Å²) in [4.78, 5) is 42.5. The first-order valence-corrected chi connectivity index (χ1v) is 24.3. The molecule has 0 saturated heterocycles. The van der Waals surface area contributed by atoms with E-state index >= 15 is 0 Å². The van der Waals surface area contributed by atoms with E-state index in [1.165, 1.54) is 9.75 Å². The van der Waals surface area contributed by atoms with E-state index in [9.17, 15) is 9.59 Å². The summed E-state index contributed by atoms with van der Waals surface area (Å²) in [6, 6.07) is 15.4. The van der Waals surface area contributed by atoms with Gasteiger partial charge in [-0.05, 0) is 82.9 Å². The lowest BCUT2D eigenvalue weighted by Crippen LogP contribution is -2.34. The van der Waals surface area contributed by atoms with Crippen molar-refractivity contribution in [3.63, 3.8) is 0 Å². The zero-order chi connectivity index (χ0) is 45.1. The quantitative estimate of drug-likeness (QED) is 0.0611. The minimum absolute atomic E-state index is 0.0677. The van der Waals surface area contributed by atoms with Gasteiger partial charge < -0.3 is 10.6 Å². The molecule has 0 aliphatic carbocycles. The lowest BCUT2D eigenvalue weighted by atomic mass is 9.99. The number of hydrogen-bond donors (Lipinski definition) is 3. The third-order valence-corrected chi connectivity index (χ3v) is 14.9. The van der Waals surface area contributed by atoms with E-state index in [1.54, 1.807) is 22.7 Å². The molecule has 0 bridgehead atoms. The number of benzene rings is 2. The van der Waals surface area contributed by atoms with Gasteiger partial charge in [-0.3, -0.25) is 19.9 Å². The second-order valence-corrected chi connectivity index (χ2v) is 19.8. The van der Waals surface area contributed by atoms with Crippen LogP contribution in [-0.2, 0) is 16.0 Å². The summed E-state index contributed by atoms with van der Waals surface area (Å²) >= 11 is 15.9. The molecule has 6 heterocycles. The minimum Gasteiger partial charge on any atom is -0.356 e. The van der Waals surface area contributed by atoms with Crippen LogP contribution in [0.5, 0.6) is 0 Å². The zero-order valence-electron chi connectivity index (χ0n) is 37.1. The SMILES string of the molecule is CC1=NNC2=C(CC(=O)NCCCCCCCCCCNC(=O)Cc3nc(-c4ccc(Cl)cc4)c4c(C)c(C)sc4[n+]4c(C)nnc3-4)N=C(c3ccc(Cl)cc3)c3c(sc(C)c3C)N12. The predicted molar refractivity (Wildman–Crippen MR) is 260 cm³/mol. The van der Waals surface area contributed by atoms with Crippen molar-refractivity contribution in [1.29, 1.82) is 0 Å². The lowest BCUT2D eigenvalue weighted by molar-refractivity contribution is -0.573. The average Bonchev–Trinajstić information content (AvgIpc) is 3.96. The summed E-state index contributed by atoms with van der Waals surface area (Å²) in [7, 11) is 0. The van der Waals surface area contributed by atoms with Gasteiger partial charge in [-0.1, -0.05) is 86.0 Å². The van der Waals surface area contributed by atoms with Crippen molar-refractivity contribution in [2.45, 2.75) is 106 Å². The lowest BCUT2D eigenvalue weighted by Gasteiger charge is -2.19. The normalized spacial score (nSPS) is 13.5. The maximum atomic E-state index is 13.4. The van der Waals surface area contributed by atoms with E-state index in [4.69, 9.17) is 33.2 Å². The topological polar surface area (TPSA) is 141 Å². The van der Waals surface area contributed by atoms with Crippen LogP contribution in [0.25, 0.3) is 27.3 Å². The molecule has 64 heavy (non-hydrogen) atoms. The number of hydrazone groups is 1. The highest BCUT2D eigenvalue weighted by Crippen LogP contribution is 2.43. The van der Waals surface area contributed by atoms with Crippen molar-refractivity contribution in [2.24, 2.45) is 10.1 Å². The number of amides is 2. The molecule has 0 atom stereocenters. The van der Waals surface area contributed by atoms with Gasteiger partial charge in [-0.15, -0.1) is 22.7 Å². The highest BCUT2D eigenvalue weighted by atomic mass is 35.5. The van der Waals surface area contributed by atoms with Gasteiger partial charge in [0.05, 0.1) is 45.5 Å². The fourth-order valence-electron chi connectivity index (χ4n) is 8.28. The summed E-state index contributed by atoms with van der Waals surface area (Å²) in [5.74, 6) is 2.72. The number of aryl methyl sites for hydroxylation is 4. The van der Waals surface area contributed by atoms with Gasteiger partial charge in [0.25, 0.3) is 5.82 Å². The van der Waals surface area contributed by atoms with Crippen LogP contribution in [0.2, 0.25) is 10.0 Å². The number of amidine groups is 1. The molecule has 2 amide bonds. The van der Waals surface area contributed by atoms with Gasteiger partial charge in [0.1, 0.15) is 16.5 Å². The van der Waals surface area contributed by atoms with Crippen molar-refractivity contribution < 1.29 is 14.2 Å². The predicted octanol–water partition coefficient (Wildman–Crippen LogP) is 10.1. The van der Waals surface area contributed by atoms with Gasteiger partial charge in [0, 0.05) is 56.5 Å². The monoisotopic (exact) mass is 935 g/mol. The molecule has 0 fully saturated rings. The van der Waals surface area contributed by atoms with Crippen molar-refractivity contribution >= 4 is 84.5 Å². The average molecular weight is 937 g/mol. The summed E-state index contributed by atoms with van der Waals surface area (Å²) in [5.41, 5.74) is 11.3. The Hall–Kier alpha value is -5.28. The van der Waals surface area contributed by atoms with Crippen LogP contribution in [0.4, 0.5) is 5.00 Å². The fourth-order valence-corrected chi connectivity index (χ4v) is 10.9. The van der Waals surface area contributed by atoms with Gasteiger partial charge >= 0.3 is 5.82 Å². The molecule has 4 aliphatic heterocycles. The van der Waals surface area contributed by atoms with Gasteiger partial charge in [-0.25, -0.2) is 9.98 Å². The standard InChI is InChI=1S/C48H52Cl2N10O2S2/c1-27-29(3)63-47-41(27)43(33-15-19-35(49)20-16-33)53-37(45-57-55-31(5)59(45)47)25-39(61)51-23-13-11-9-7-8-10-12-14-24-52-40(62)26-38-46-58-56-32(6)60(46)48-42(28(2)30(4)64-48)44(54-38)34-17-21-36(50)22-18-34/h15-22,57H,7-14,23-26H2,1-6H3,(H-,51,52,61,62)/p+1. The molecule has 2 aromatic carbocycles. The number of nitrogens with zero attached hydrogens (tertiary/aromatic N) is 7. The number of carbonyl (C=O) groups is 2. The molecular weight excluding hydrogens is 884 g/mol. The first-order chi connectivity index (χ1) is 30.9. The van der Waals surface area contributed by atoms with Gasteiger partial charge in [-0.2, -0.15) is 9.67 Å². The van der Waals surface area contributed by atoms with Crippen LogP contribution < -0.4 is 25.5 Å². The van der Waals surface area contributed by atoms with Crippen molar-refractivity contribution in [2.75, 3.05) is 18.0 Å². The van der Waals surface area contributed by atoms with E-state index in [0.29, 0.717) is 40.3 Å². The first kappa shape index (κ1) is 45.3. The second-order valence-electron chi connectivity index (χ2n) is 16.5. The Morgan fingerprint density at radius 1 is 0.719 bits per heavy atom. The van der Waals surface area contributed by atoms with E-state index in [-0.39, 0.29) is 24.7 Å². The number of halogens is 2. The van der Waals surface area contributed by atoms with Crippen LogP contribution in [-0.4, -0.2) is 51.6 Å². The van der Waals surface area contributed by atoms with Gasteiger partial charge in [0.15, 0.2) is 10.7 Å². The Morgan fingerprint density at radius 3 is 1.94 bits per heavy atom. The summed E-state index contributed by atoms with van der Waals surface area (Å²) in [6.45, 7) is 13.6. The Balaban J connectivity index is 0.771. The third kappa shape index (κ3) is 9.56. The van der Waals surface area contributed by atoms with Crippen LogP contribution in [0.1, 0.15) is 108 Å². The molecule has 8 rings (SSSR count). The largest absolute Gasteiger partial charge is 0.356 e. The minimum atomic E-state index is -0.0862. The van der Waals surface area contributed by atoms with Gasteiger partial charge in [0.2, 0.25) is 11.8 Å². The number of aliphatic imine (C=N–C) groups is 1. The number of hydrogen-bond acceptors (Lipinski definition) is 11. The zero-order valence-corrected chi connectivity index (χ0v) is 40.3. The highest BCUT2D eigenvalue weighted by Gasteiger charge is 2.35. The van der Waals surface area contributed by atoms with Crippen LogP contribution in [0.3, 0.4) is 0 Å². The number of anilines is 1. The number of fused-ring (bicyclic) bond motifs is 6. The molecule has 4 aromatic rings. The van der Waals surface area contributed by atoms with E-state index in [2.05, 4.69) is 64.0 Å². The third-order valence-electron chi connectivity index (χ3n) is 12.0. The molecule has 0 saturated carbocycles. The number of carbonyl (C=O) groups excluding carboxylic acids is 2. The van der Waals surface area contributed by atoms with E-state index in [0.717, 1.165) is 123 Å². The Labute approximate surface area is 392 Å². The van der Waals surface area contributed by atoms with Crippen LogP contribution >= 0.6 is 45.9 Å². The summed E-state index contributed by atoms with van der Waals surface area (Å²) in [6.07, 6.45) is 8.64. The number of unbranched alkanes of at least 4 members (excludes halogenated alkanes) is 7. The molecule has 2 aromatic heterocycles. The van der Waals surface area contributed by atoms with Crippen molar-refractivity contribution in [3.8, 4) is 17.1 Å². The molecule has 4 aliphatic rings. The fraction of sp³-hybridized carbons (Fsp3) is 0.375. The number of aromatic nitrogens is 4. The smallest absolute Gasteiger partial charge is 0.333 e. The molecule has 3 N–H and O–H groups in total. The highest BCUT2D eigenvalue weighted by molar-refractivity contribution is 7.18. The number of rotatable bonds is 17. The molecule has 16 heteroatoms. The molecule has 0 unspecified atom stereocenters.